The third kappa shape index (κ3) is 5.08. The standard InChI is InChI=1S/C60H36O/c1-3-19-41-37(15-1)17-13-29-44(41)59-50-25-9-5-21-46(50)57(47-22-6-10-26-51(47)59)39-32-34-55-54(35-39)43-33-31-40(36-56(43)61-55)58-48-23-7-11-27-52(48)60(53-28-12-8-24-49(53)58)45-30-14-18-38-16-2-4-20-42(38)45/h1-36H. The molecule has 0 N–H and O–H groups in total. The fourth-order valence-corrected chi connectivity index (χ4v) is 10.4. The summed E-state index contributed by atoms with van der Waals surface area (Å²) < 4.78 is 6.76. The van der Waals surface area contributed by atoms with Gasteiger partial charge in [-0.05, 0) is 133 Å². The summed E-state index contributed by atoms with van der Waals surface area (Å²) >= 11 is 0. The van der Waals surface area contributed by atoms with Crippen LogP contribution >= 0.6 is 0 Å². The van der Waals surface area contributed by atoms with E-state index in [4.69, 9.17) is 4.42 Å². The number of hydrogen-bond acceptors (Lipinski definition) is 1. The van der Waals surface area contributed by atoms with Gasteiger partial charge in [0.2, 0.25) is 0 Å². The Hall–Kier alpha value is -8.00. The van der Waals surface area contributed by atoms with Crippen LogP contribution in [-0.4, -0.2) is 0 Å². The molecule has 1 aromatic heterocycles. The smallest absolute Gasteiger partial charge is 0.136 e. The van der Waals surface area contributed by atoms with Crippen molar-refractivity contribution in [2.24, 2.45) is 0 Å². The highest BCUT2D eigenvalue weighted by Gasteiger charge is 2.21. The minimum atomic E-state index is 0.886. The Bertz CT molecular complexity index is 3820. The maximum Gasteiger partial charge on any atom is 0.136 e. The fraction of sp³-hybridized carbons (Fsp3) is 0. The van der Waals surface area contributed by atoms with Crippen molar-refractivity contribution in [1.82, 2.24) is 0 Å². The molecule has 0 amide bonds. The van der Waals surface area contributed by atoms with Crippen molar-refractivity contribution >= 4 is 86.6 Å². The van der Waals surface area contributed by atoms with Crippen LogP contribution in [0.25, 0.3) is 131 Å². The molecule has 0 unspecified atom stereocenters. The van der Waals surface area contributed by atoms with Gasteiger partial charge in [0.1, 0.15) is 11.2 Å². The predicted octanol–water partition coefficient (Wildman–Crippen LogP) is 17.2. The minimum Gasteiger partial charge on any atom is -0.456 e. The van der Waals surface area contributed by atoms with Crippen LogP contribution < -0.4 is 0 Å². The van der Waals surface area contributed by atoms with Crippen LogP contribution in [-0.2, 0) is 0 Å². The Balaban J connectivity index is 1.01. The summed E-state index contributed by atoms with van der Waals surface area (Å²) in [5.41, 5.74) is 11.6. The normalized spacial score (nSPS) is 11.9. The average molecular weight is 773 g/mol. The van der Waals surface area contributed by atoms with Gasteiger partial charge in [-0.1, -0.05) is 194 Å². The van der Waals surface area contributed by atoms with Crippen LogP contribution in [0.2, 0.25) is 0 Å². The molecule has 282 valence electrons. The quantitative estimate of drug-likeness (QED) is 0.162. The van der Waals surface area contributed by atoms with E-state index in [0.29, 0.717) is 0 Å². The summed E-state index contributed by atoms with van der Waals surface area (Å²) in [6.45, 7) is 0. The first-order valence-electron chi connectivity index (χ1n) is 21.1. The van der Waals surface area contributed by atoms with Crippen LogP contribution in [0.4, 0.5) is 0 Å². The van der Waals surface area contributed by atoms with Gasteiger partial charge in [-0.2, -0.15) is 0 Å². The molecule has 0 aliphatic rings. The highest BCUT2D eigenvalue weighted by atomic mass is 16.3. The first-order valence-corrected chi connectivity index (χ1v) is 21.1. The lowest BCUT2D eigenvalue weighted by Gasteiger charge is -2.19. The van der Waals surface area contributed by atoms with Crippen LogP contribution in [0.3, 0.4) is 0 Å². The monoisotopic (exact) mass is 772 g/mol. The highest BCUT2D eigenvalue weighted by Crippen LogP contribution is 2.48. The molecule has 0 fully saturated rings. The second-order valence-electron chi connectivity index (χ2n) is 16.3. The van der Waals surface area contributed by atoms with Crippen molar-refractivity contribution in [3.63, 3.8) is 0 Å². The van der Waals surface area contributed by atoms with Gasteiger partial charge in [-0.15, -0.1) is 0 Å². The number of fused-ring (bicyclic) bond motifs is 9. The summed E-state index contributed by atoms with van der Waals surface area (Å²) in [6.07, 6.45) is 0. The van der Waals surface area contributed by atoms with E-state index in [9.17, 15) is 0 Å². The molecule has 13 rings (SSSR count). The highest BCUT2D eigenvalue weighted by molar-refractivity contribution is 6.26. The van der Waals surface area contributed by atoms with Crippen LogP contribution in [0, 0.1) is 0 Å². The molecule has 0 saturated carbocycles. The van der Waals surface area contributed by atoms with E-state index in [1.807, 2.05) is 0 Å². The zero-order chi connectivity index (χ0) is 40.0. The van der Waals surface area contributed by atoms with Crippen molar-refractivity contribution in [3.05, 3.63) is 218 Å². The SMILES string of the molecule is c1ccc2c(-c3c4ccccc4c(-c4ccc5c(c4)oc4ccc(-c6c7ccccc7c(-c7cccc8ccccc78)c7ccccc67)cc45)c4ccccc34)cccc2c1. The van der Waals surface area contributed by atoms with Gasteiger partial charge < -0.3 is 4.42 Å². The summed E-state index contributed by atoms with van der Waals surface area (Å²) in [6, 6.07) is 79.9. The van der Waals surface area contributed by atoms with Gasteiger partial charge in [-0.25, -0.2) is 0 Å². The van der Waals surface area contributed by atoms with Crippen LogP contribution in [0.15, 0.2) is 223 Å². The lowest BCUT2D eigenvalue weighted by molar-refractivity contribution is 0.669. The topological polar surface area (TPSA) is 13.1 Å². The first-order chi connectivity index (χ1) is 30.3. The van der Waals surface area contributed by atoms with Gasteiger partial charge >= 0.3 is 0 Å². The second-order valence-corrected chi connectivity index (χ2v) is 16.3. The maximum atomic E-state index is 6.76. The molecule has 0 aliphatic carbocycles. The number of rotatable bonds is 4. The molecule has 13 aromatic rings. The summed E-state index contributed by atoms with van der Waals surface area (Å²) in [5, 5.41) is 17.2. The number of benzene rings is 12. The third-order valence-electron chi connectivity index (χ3n) is 13.0. The molecule has 1 nitrogen and oxygen atoms in total. The maximum absolute atomic E-state index is 6.76. The second kappa shape index (κ2) is 13.3. The van der Waals surface area contributed by atoms with Crippen molar-refractivity contribution in [3.8, 4) is 44.5 Å². The molecular formula is C60H36O. The predicted molar refractivity (Wildman–Crippen MR) is 260 cm³/mol. The van der Waals surface area contributed by atoms with Gasteiger partial charge in [0.25, 0.3) is 0 Å². The Labute approximate surface area is 352 Å². The summed E-state index contributed by atoms with van der Waals surface area (Å²) in [5.74, 6) is 0. The Morgan fingerprint density at radius 2 is 0.574 bits per heavy atom. The Morgan fingerprint density at radius 1 is 0.213 bits per heavy atom. The zero-order valence-corrected chi connectivity index (χ0v) is 33.2. The summed E-state index contributed by atoms with van der Waals surface area (Å²) in [4.78, 5) is 0. The van der Waals surface area contributed by atoms with Crippen LogP contribution in [0.5, 0.6) is 0 Å². The van der Waals surface area contributed by atoms with E-state index in [-0.39, 0.29) is 0 Å². The lowest BCUT2D eigenvalue weighted by Crippen LogP contribution is -1.91. The molecule has 61 heavy (non-hydrogen) atoms. The molecule has 0 spiro atoms. The number of furan rings is 1. The molecule has 1 heteroatoms. The van der Waals surface area contributed by atoms with Crippen LogP contribution in [0.1, 0.15) is 0 Å². The first kappa shape index (κ1) is 33.9. The van der Waals surface area contributed by atoms with Gasteiger partial charge in [-0.3, -0.25) is 0 Å². The van der Waals surface area contributed by atoms with Gasteiger partial charge in [0, 0.05) is 10.8 Å². The Morgan fingerprint density at radius 3 is 1.03 bits per heavy atom. The van der Waals surface area contributed by atoms with E-state index in [1.54, 1.807) is 0 Å². The molecule has 12 aromatic carbocycles. The average Bonchev–Trinajstić information content (AvgIpc) is 3.69. The Kier molecular flexibility index (Phi) is 7.37. The molecule has 0 aliphatic heterocycles. The molecular weight excluding hydrogens is 737 g/mol. The van der Waals surface area contributed by atoms with E-state index in [1.165, 1.54) is 104 Å². The minimum absolute atomic E-state index is 0.886. The lowest BCUT2D eigenvalue weighted by atomic mass is 9.84. The van der Waals surface area contributed by atoms with E-state index < -0.39 is 0 Å². The van der Waals surface area contributed by atoms with E-state index >= 15 is 0 Å². The molecule has 0 bridgehead atoms. The fourth-order valence-electron chi connectivity index (χ4n) is 10.4. The molecule has 0 atom stereocenters. The van der Waals surface area contributed by atoms with Crippen molar-refractivity contribution in [1.29, 1.82) is 0 Å². The van der Waals surface area contributed by atoms with Crippen molar-refractivity contribution in [2.75, 3.05) is 0 Å². The third-order valence-corrected chi connectivity index (χ3v) is 13.0. The number of hydrogen-bond donors (Lipinski definition) is 0. The van der Waals surface area contributed by atoms with Gasteiger partial charge in [0.15, 0.2) is 0 Å². The molecule has 0 radical (unpaired) electrons. The van der Waals surface area contributed by atoms with E-state index in [2.05, 4.69) is 218 Å². The van der Waals surface area contributed by atoms with E-state index in [0.717, 1.165) is 27.5 Å². The van der Waals surface area contributed by atoms with Crippen molar-refractivity contribution < 1.29 is 4.42 Å². The van der Waals surface area contributed by atoms with Crippen molar-refractivity contribution in [2.45, 2.75) is 0 Å². The largest absolute Gasteiger partial charge is 0.456 e. The zero-order valence-electron chi connectivity index (χ0n) is 33.2. The summed E-state index contributed by atoms with van der Waals surface area (Å²) in [7, 11) is 0. The molecule has 0 saturated heterocycles. The molecule has 1 heterocycles. The van der Waals surface area contributed by atoms with Gasteiger partial charge in [0.05, 0.1) is 0 Å².